The van der Waals surface area contributed by atoms with Crippen LogP contribution in [0.3, 0.4) is 0 Å². The van der Waals surface area contributed by atoms with E-state index in [0.29, 0.717) is 0 Å². The van der Waals surface area contributed by atoms with Crippen molar-refractivity contribution in [3.05, 3.63) is 0 Å². The van der Waals surface area contributed by atoms with Crippen molar-refractivity contribution >= 4 is 0 Å². The topological polar surface area (TPSA) is 42.3 Å². The second-order valence-electron chi connectivity index (χ2n) is 6.58. The number of hydrogen-bond donors (Lipinski definition) is 1. The first-order chi connectivity index (χ1) is 9.67. The monoisotopic (exact) mass is 278 g/mol. The molecule has 1 saturated carbocycles. The molecule has 2 fully saturated rings. The third kappa shape index (κ3) is 4.73. The van der Waals surface area contributed by atoms with Gasteiger partial charge in [-0.1, -0.05) is 6.92 Å². The molecule has 0 aromatic rings. The molecule has 0 spiro atoms. The molecule has 1 saturated heterocycles. The standard InChI is InChI=1S/C16H30N4/c1-3-8-18-16(2,14-17)7-4-9-19-10-12-20(13-11-19)15-5-6-15/h15,18H,3-13H2,1-2H3. The Hall–Kier alpha value is -0.630. The van der Waals surface area contributed by atoms with Gasteiger partial charge in [-0.05, 0) is 52.1 Å². The molecule has 0 radical (unpaired) electrons. The molecule has 0 aromatic heterocycles. The summed E-state index contributed by atoms with van der Waals surface area (Å²) in [6.07, 6.45) is 5.99. The van der Waals surface area contributed by atoms with Crippen LogP contribution in [-0.2, 0) is 0 Å². The van der Waals surface area contributed by atoms with Crippen molar-refractivity contribution in [2.75, 3.05) is 39.3 Å². The van der Waals surface area contributed by atoms with Crippen LogP contribution in [0, 0.1) is 11.3 Å². The molecule has 2 aliphatic rings. The minimum absolute atomic E-state index is 0.341. The molecule has 1 N–H and O–H groups in total. The van der Waals surface area contributed by atoms with Crippen LogP contribution < -0.4 is 5.32 Å². The first-order valence-electron chi connectivity index (χ1n) is 8.29. The van der Waals surface area contributed by atoms with Crippen molar-refractivity contribution in [3.8, 4) is 6.07 Å². The fourth-order valence-electron chi connectivity index (χ4n) is 3.03. The van der Waals surface area contributed by atoms with Gasteiger partial charge in [0.25, 0.3) is 0 Å². The lowest BCUT2D eigenvalue weighted by atomic mass is 9.97. The molecule has 1 aliphatic heterocycles. The van der Waals surface area contributed by atoms with Gasteiger partial charge in [-0.15, -0.1) is 0 Å². The zero-order chi connectivity index (χ0) is 14.4. The largest absolute Gasteiger partial charge is 0.301 e. The molecule has 114 valence electrons. The Bertz CT molecular complexity index is 326. The van der Waals surface area contributed by atoms with E-state index in [0.717, 1.165) is 38.4 Å². The summed E-state index contributed by atoms with van der Waals surface area (Å²) in [6.45, 7) is 11.2. The van der Waals surface area contributed by atoms with Crippen LogP contribution in [-0.4, -0.2) is 60.6 Å². The summed E-state index contributed by atoms with van der Waals surface area (Å²) in [4.78, 5) is 5.22. The summed E-state index contributed by atoms with van der Waals surface area (Å²) >= 11 is 0. The number of nitrogens with zero attached hydrogens (tertiary/aromatic N) is 3. The van der Waals surface area contributed by atoms with Gasteiger partial charge in [0.1, 0.15) is 5.54 Å². The van der Waals surface area contributed by atoms with Gasteiger partial charge in [0.2, 0.25) is 0 Å². The predicted octanol–water partition coefficient (Wildman–Crippen LogP) is 1.83. The molecule has 1 aliphatic carbocycles. The van der Waals surface area contributed by atoms with E-state index < -0.39 is 0 Å². The van der Waals surface area contributed by atoms with Crippen LogP contribution in [0.5, 0.6) is 0 Å². The zero-order valence-corrected chi connectivity index (χ0v) is 13.2. The van der Waals surface area contributed by atoms with Gasteiger partial charge >= 0.3 is 0 Å². The smallest absolute Gasteiger partial charge is 0.103 e. The second-order valence-corrected chi connectivity index (χ2v) is 6.58. The van der Waals surface area contributed by atoms with Gasteiger partial charge in [0.15, 0.2) is 0 Å². The van der Waals surface area contributed by atoms with E-state index >= 15 is 0 Å². The maximum atomic E-state index is 9.32. The summed E-state index contributed by atoms with van der Waals surface area (Å²) in [5.41, 5.74) is -0.341. The van der Waals surface area contributed by atoms with E-state index in [1.165, 1.54) is 39.0 Å². The number of hydrogen-bond acceptors (Lipinski definition) is 4. The predicted molar refractivity (Wildman–Crippen MR) is 82.6 cm³/mol. The number of piperazine rings is 1. The molecule has 0 bridgehead atoms. The molecule has 4 nitrogen and oxygen atoms in total. The van der Waals surface area contributed by atoms with E-state index in [2.05, 4.69) is 28.1 Å². The molecule has 2 rings (SSSR count). The van der Waals surface area contributed by atoms with Gasteiger partial charge in [-0.3, -0.25) is 10.2 Å². The second kappa shape index (κ2) is 7.40. The highest BCUT2D eigenvalue weighted by atomic mass is 15.3. The Kier molecular flexibility index (Phi) is 5.83. The highest BCUT2D eigenvalue weighted by molar-refractivity contribution is 5.03. The maximum absolute atomic E-state index is 9.32. The summed E-state index contributed by atoms with van der Waals surface area (Å²) in [5, 5.41) is 12.7. The average Bonchev–Trinajstić information content (AvgIpc) is 3.31. The van der Waals surface area contributed by atoms with E-state index in [1.807, 2.05) is 6.92 Å². The van der Waals surface area contributed by atoms with Gasteiger partial charge in [-0.25, -0.2) is 0 Å². The van der Waals surface area contributed by atoms with Crippen LogP contribution in [0.2, 0.25) is 0 Å². The van der Waals surface area contributed by atoms with E-state index in [4.69, 9.17) is 0 Å². The molecule has 1 heterocycles. The first kappa shape index (κ1) is 15.8. The molecule has 0 amide bonds. The first-order valence-corrected chi connectivity index (χ1v) is 8.29. The van der Waals surface area contributed by atoms with E-state index in [-0.39, 0.29) is 5.54 Å². The van der Waals surface area contributed by atoms with Gasteiger partial charge < -0.3 is 4.90 Å². The van der Waals surface area contributed by atoms with Crippen molar-refractivity contribution in [2.45, 2.75) is 57.5 Å². The zero-order valence-electron chi connectivity index (χ0n) is 13.2. The van der Waals surface area contributed by atoms with E-state index in [9.17, 15) is 5.26 Å². The van der Waals surface area contributed by atoms with Gasteiger partial charge in [0, 0.05) is 32.2 Å². The molecule has 0 aromatic carbocycles. The molecule has 4 heteroatoms. The van der Waals surface area contributed by atoms with Crippen molar-refractivity contribution < 1.29 is 0 Å². The highest BCUT2D eigenvalue weighted by Gasteiger charge is 2.31. The minimum atomic E-state index is -0.341. The summed E-state index contributed by atoms with van der Waals surface area (Å²) in [7, 11) is 0. The summed E-state index contributed by atoms with van der Waals surface area (Å²) < 4.78 is 0. The maximum Gasteiger partial charge on any atom is 0.103 e. The molecular weight excluding hydrogens is 248 g/mol. The molecular formula is C16H30N4. The van der Waals surface area contributed by atoms with Crippen LogP contribution >= 0.6 is 0 Å². The van der Waals surface area contributed by atoms with Crippen molar-refractivity contribution in [3.63, 3.8) is 0 Å². The number of nitriles is 1. The summed E-state index contributed by atoms with van der Waals surface area (Å²) in [5.74, 6) is 0. The van der Waals surface area contributed by atoms with Crippen LogP contribution in [0.15, 0.2) is 0 Å². The Morgan fingerprint density at radius 1 is 1.25 bits per heavy atom. The Morgan fingerprint density at radius 2 is 1.95 bits per heavy atom. The van der Waals surface area contributed by atoms with Gasteiger partial charge in [-0.2, -0.15) is 5.26 Å². The number of nitrogens with one attached hydrogen (secondary N) is 1. The van der Waals surface area contributed by atoms with Crippen LogP contribution in [0.4, 0.5) is 0 Å². The lowest BCUT2D eigenvalue weighted by molar-refractivity contribution is 0.123. The van der Waals surface area contributed by atoms with Crippen molar-refractivity contribution in [1.82, 2.24) is 15.1 Å². The average molecular weight is 278 g/mol. The Balaban J connectivity index is 1.61. The fraction of sp³-hybridized carbons (Fsp3) is 0.938. The molecule has 1 atom stereocenters. The summed E-state index contributed by atoms with van der Waals surface area (Å²) in [6, 6.07) is 3.36. The third-order valence-electron chi connectivity index (χ3n) is 4.63. The normalized spacial score (nSPS) is 24.2. The molecule has 20 heavy (non-hydrogen) atoms. The van der Waals surface area contributed by atoms with Gasteiger partial charge in [0.05, 0.1) is 6.07 Å². The van der Waals surface area contributed by atoms with E-state index in [1.54, 1.807) is 0 Å². The lowest BCUT2D eigenvalue weighted by Crippen LogP contribution is -2.48. The van der Waals surface area contributed by atoms with Crippen LogP contribution in [0.25, 0.3) is 0 Å². The number of rotatable bonds is 8. The minimum Gasteiger partial charge on any atom is -0.301 e. The molecule has 1 unspecified atom stereocenters. The quantitative estimate of drug-likeness (QED) is 0.735. The fourth-order valence-corrected chi connectivity index (χ4v) is 3.03. The SMILES string of the molecule is CCCNC(C)(C#N)CCCN1CCN(C2CC2)CC1. The highest BCUT2D eigenvalue weighted by Crippen LogP contribution is 2.27. The van der Waals surface area contributed by atoms with Crippen molar-refractivity contribution in [2.24, 2.45) is 0 Å². The lowest BCUT2D eigenvalue weighted by Gasteiger charge is -2.35. The Morgan fingerprint density at radius 3 is 2.50 bits per heavy atom. The van der Waals surface area contributed by atoms with Crippen molar-refractivity contribution in [1.29, 1.82) is 5.26 Å². The third-order valence-corrected chi connectivity index (χ3v) is 4.63. The van der Waals surface area contributed by atoms with Crippen LogP contribution in [0.1, 0.15) is 46.0 Å². The Labute approximate surface area is 124 Å².